The van der Waals surface area contributed by atoms with Gasteiger partial charge in [-0.1, -0.05) is 11.2 Å². The van der Waals surface area contributed by atoms with Crippen molar-refractivity contribution in [1.82, 2.24) is 5.16 Å². The molecule has 0 aliphatic heterocycles. The van der Waals surface area contributed by atoms with Crippen LogP contribution in [0.25, 0.3) is 6.08 Å². The van der Waals surface area contributed by atoms with Gasteiger partial charge in [0.1, 0.15) is 5.76 Å². The zero-order valence-corrected chi connectivity index (χ0v) is 14.1. The number of hydrogen-bond acceptors (Lipinski definition) is 7. The lowest BCUT2D eigenvalue weighted by Gasteiger charge is -2.07. The Morgan fingerprint density at radius 1 is 1.20 bits per heavy atom. The molecule has 0 radical (unpaired) electrons. The predicted molar refractivity (Wildman–Crippen MR) is 89.4 cm³/mol. The number of hydrogen-bond donors (Lipinski definition) is 1. The van der Waals surface area contributed by atoms with Gasteiger partial charge in [0.2, 0.25) is 0 Å². The third-order valence-electron chi connectivity index (χ3n) is 3.06. The Morgan fingerprint density at radius 3 is 2.60 bits per heavy atom. The number of nitrogens with one attached hydrogen (secondary N) is 1. The molecule has 0 unspecified atom stereocenters. The lowest BCUT2D eigenvalue weighted by molar-refractivity contribution is -0.142. The van der Waals surface area contributed by atoms with Crippen LogP contribution < -0.4 is 14.8 Å². The molecule has 0 aliphatic rings. The SMILES string of the molecule is COc1ccc(/C=C/C(=O)OCC(=O)Nc2cc(C)on2)cc1OC. The molecular weight excluding hydrogens is 328 g/mol. The quantitative estimate of drug-likeness (QED) is 0.606. The highest BCUT2D eigenvalue weighted by molar-refractivity contribution is 5.94. The van der Waals surface area contributed by atoms with Crippen molar-refractivity contribution in [2.24, 2.45) is 0 Å². The van der Waals surface area contributed by atoms with Crippen molar-refractivity contribution in [1.29, 1.82) is 0 Å². The van der Waals surface area contributed by atoms with Gasteiger partial charge in [-0.15, -0.1) is 0 Å². The van der Waals surface area contributed by atoms with Crippen LogP contribution in [-0.4, -0.2) is 37.9 Å². The number of benzene rings is 1. The van der Waals surface area contributed by atoms with E-state index in [0.717, 1.165) is 5.56 Å². The lowest BCUT2D eigenvalue weighted by atomic mass is 10.2. The molecule has 0 saturated heterocycles. The monoisotopic (exact) mass is 346 g/mol. The van der Waals surface area contributed by atoms with E-state index < -0.39 is 18.5 Å². The zero-order chi connectivity index (χ0) is 18.2. The van der Waals surface area contributed by atoms with Crippen LogP contribution >= 0.6 is 0 Å². The fourth-order valence-electron chi connectivity index (χ4n) is 1.91. The summed E-state index contributed by atoms with van der Waals surface area (Å²) in [6, 6.07) is 6.74. The second kappa shape index (κ2) is 8.53. The van der Waals surface area contributed by atoms with Gasteiger partial charge >= 0.3 is 5.97 Å². The Labute approximate surface area is 144 Å². The summed E-state index contributed by atoms with van der Waals surface area (Å²) >= 11 is 0. The van der Waals surface area contributed by atoms with Gasteiger partial charge in [0.25, 0.3) is 5.91 Å². The second-order valence-corrected chi connectivity index (χ2v) is 4.93. The number of rotatable bonds is 7. The Kier molecular flexibility index (Phi) is 6.16. The Morgan fingerprint density at radius 2 is 1.96 bits per heavy atom. The highest BCUT2D eigenvalue weighted by Crippen LogP contribution is 2.27. The number of carbonyl (C=O) groups excluding carboxylic acids is 2. The van der Waals surface area contributed by atoms with Gasteiger partial charge in [-0.2, -0.15) is 0 Å². The number of carbonyl (C=O) groups is 2. The largest absolute Gasteiger partial charge is 0.493 e. The first-order chi connectivity index (χ1) is 12.0. The predicted octanol–water partition coefficient (Wildman–Crippen LogP) is 2.20. The number of ether oxygens (including phenoxy) is 3. The zero-order valence-electron chi connectivity index (χ0n) is 14.1. The van der Waals surface area contributed by atoms with Gasteiger partial charge in [-0.05, 0) is 30.7 Å². The van der Waals surface area contributed by atoms with Crippen LogP contribution in [0.2, 0.25) is 0 Å². The standard InChI is InChI=1S/C17H18N2O6/c1-11-8-15(19-25-11)18-16(20)10-24-17(21)7-5-12-4-6-13(22-2)14(9-12)23-3/h4-9H,10H2,1-3H3,(H,18,19,20)/b7-5+. The topological polar surface area (TPSA) is 99.9 Å². The van der Waals surface area contributed by atoms with Crippen molar-refractivity contribution in [2.45, 2.75) is 6.92 Å². The van der Waals surface area contributed by atoms with Crippen LogP contribution in [0.5, 0.6) is 11.5 Å². The van der Waals surface area contributed by atoms with Crippen molar-refractivity contribution in [2.75, 3.05) is 26.1 Å². The summed E-state index contributed by atoms with van der Waals surface area (Å²) in [4.78, 5) is 23.3. The molecule has 1 N–H and O–H groups in total. The molecule has 1 aromatic heterocycles. The van der Waals surface area contributed by atoms with Crippen LogP contribution in [0.15, 0.2) is 34.9 Å². The van der Waals surface area contributed by atoms with Crippen LogP contribution in [0.1, 0.15) is 11.3 Å². The summed E-state index contributed by atoms with van der Waals surface area (Å²) < 4.78 is 20.0. The molecule has 0 fully saturated rings. The number of aromatic nitrogens is 1. The van der Waals surface area contributed by atoms with Crippen molar-refractivity contribution in [3.63, 3.8) is 0 Å². The summed E-state index contributed by atoms with van der Waals surface area (Å²) in [6.07, 6.45) is 2.76. The second-order valence-electron chi connectivity index (χ2n) is 4.93. The van der Waals surface area contributed by atoms with Gasteiger partial charge in [0.05, 0.1) is 14.2 Å². The number of methoxy groups -OCH3 is 2. The van der Waals surface area contributed by atoms with E-state index in [1.54, 1.807) is 37.3 Å². The smallest absolute Gasteiger partial charge is 0.331 e. The van der Waals surface area contributed by atoms with Crippen LogP contribution in [0, 0.1) is 6.92 Å². The molecule has 0 aliphatic carbocycles. The fourth-order valence-corrected chi connectivity index (χ4v) is 1.91. The minimum Gasteiger partial charge on any atom is -0.493 e. The molecule has 132 valence electrons. The molecule has 0 atom stereocenters. The number of anilines is 1. The minimum absolute atomic E-state index is 0.263. The lowest BCUT2D eigenvalue weighted by Crippen LogP contribution is -2.20. The third-order valence-corrected chi connectivity index (χ3v) is 3.06. The molecule has 1 aromatic carbocycles. The van der Waals surface area contributed by atoms with Gasteiger partial charge in [0, 0.05) is 12.1 Å². The summed E-state index contributed by atoms with van der Waals surface area (Å²) in [6.45, 7) is 1.27. The Balaban J connectivity index is 1.85. The summed E-state index contributed by atoms with van der Waals surface area (Å²) in [5, 5.41) is 6.05. The van der Waals surface area contributed by atoms with Crippen LogP contribution in [-0.2, 0) is 14.3 Å². The molecule has 0 spiro atoms. The highest BCUT2D eigenvalue weighted by Gasteiger charge is 2.08. The Bertz CT molecular complexity index is 781. The van der Waals surface area contributed by atoms with E-state index in [0.29, 0.717) is 17.3 Å². The number of nitrogens with zero attached hydrogens (tertiary/aromatic N) is 1. The first-order valence-electron chi connectivity index (χ1n) is 7.32. The summed E-state index contributed by atoms with van der Waals surface area (Å²) in [5.41, 5.74) is 0.720. The molecule has 25 heavy (non-hydrogen) atoms. The van der Waals surface area contributed by atoms with E-state index in [-0.39, 0.29) is 5.82 Å². The van der Waals surface area contributed by atoms with Crippen LogP contribution in [0.3, 0.4) is 0 Å². The number of amides is 1. The van der Waals surface area contributed by atoms with Crippen molar-refractivity contribution in [3.05, 3.63) is 41.7 Å². The van der Waals surface area contributed by atoms with Gasteiger partial charge in [-0.25, -0.2) is 4.79 Å². The first-order valence-corrected chi connectivity index (χ1v) is 7.32. The van der Waals surface area contributed by atoms with E-state index in [1.165, 1.54) is 20.3 Å². The Hall–Kier alpha value is -3.29. The molecule has 2 aromatic rings. The van der Waals surface area contributed by atoms with Crippen LogP contribution in [0.4, 0.5) is 5.82 Å². The van der Waals surface area contributed by atoms with Gasteiger partial charge in [0.15, 0.2) is 23.9 Å². The van der Waals surface area contributed by atoms with Crippen molar-refractivity contribution in [3.8, 4) is 11.5 Å². The van der Waals surface area contributed by atoms with E-state index in [4.69, 9.17) is 18.7 Å². The fraction of sp³-hybridized carbons (Fsp3) is 0.235. The third kappa shape index (κ3) is 5.38. The molecule has 1 amide bonds. The maximum Gasteiger partial charge on any atom is 0.331 e. The number of esters is 1. The summed E-state index contributed by atoms with van der Waals surface area (Å²) in [5.74, 6) is 0.786. The average Bonchev–Trinajstić information content (AvgIpc) is 3.02. The normalized spacial score (nSPS) is 10.5. The molecule has 0 saturated carbocycles. The maximum atomic E-state index is 11.7. The first kappa shape index (κ1) is 18.1. The van der Waals surface area contributed by atoms with Gasteiger partial charge < -0.3 is 24.1 Å². The molecule has 1 heterocycles. The minimum atomic E-state index is -0.652. The van der Waals surface area contributed by atoms with E-state index >= 15 is 0 Å². The molecular formula is C17H18N2O6. The van der Waals surface area contributed by atoms with E-state index in [1.807, 2.05) is 0 Å². The number of aryl methyl sites for hydroxylation is 1. The molecule has 8 heteroatoms. The summed E-state index contributed by atoms with van der Waals surface area (Å²) in [7, 11) is 3.06. The van der Waals surface area contributed by atoms with E-state index in [2.05, 4.69) is 10.5 Å². The molecule has 2 rings (SSSR count). The average molecular weight is 346 g/mol. The van der Waals surface area contributed by atoms with Crippen molar-refractivity contribution >= 4 is 23.8 Å². The highest BCUT2D eigenvalue weighted by atomic mass is 16.5. The molecule has 0 bridgehead atoms. The van der Waals surface area contributed by atoms with E-state index in [9.17, 15) is 9.59 Å². The van der Waals surface area contributed by atoms with Gasteiger partial charge in [-0.3, -0.25) is 4.79 Å². The van der Waals surface area contributed by atoms with Crippen molar-refractivity contribution < 1.29 is 28.3 Å². The molecule has 8 nitrogen and oxygen atoms in total. The maximum absolute atomic E-state index is 11.7.